The Hall–Kier alpha value is -2.83. The first-order chi connectivity index (χ1) is 15.0. The molecule has 0 fully saturated rings. The van der Waals surface area contributed by atoms with E-state index >= 15 is 0 Å². The average molecular weight is 471 g/mol. The van der Waals surface area contributed by atoms with Crippen LogP contribution in [0.4, 0.5) is 0 Å². The van der Waals surface area contributed by atoms with Crippen molar-refractivity contribution in [2.45, 2.75) is 44.4 Å². The third-order valence-electron chi connectivity index (χ3n) is 4.64. The number of nitrogens with two attached hydrogens (primary N) is 1. The van der Waals surface area contributed by atoms with Crippen molar-refractivity contribution in [1.29, 1.82) is 0 Å². The van der Waals surface area contributed by atoms with Crippen LogP contribution in [0, 0.1) is 5.92 Å². The van der Waals surface area contributed by atoms with Crippen LogP contribution < -0.4 is 21.7 Å². The Morgan fingerprint density at radius 3 is 1.91 bits per heavy atom. The van der Waals surface area contributed by atoms with Gasteiger partial charge in [0, 0.05) is 12.2 Å². The van der Waals surface area contributed by atoms with Gasteiger partial charge in [-0.3, -0.25) is 14.4 Å². The number of carboxylic acids is 1. The van der Waals surface area contributed by atoms with Crippen molar-refractivity contribution in [2.75, 3.05) is 12.4 Å². The first kappa shape index (κ1) is 27.2. The minimum Gasteiger partial charge on any atom is -0.508 e. The van der Waals surface area contributed by atoms with Crippen LogP contribution in [0.3, 0.4) is 0 Å². The molecule has 0 spiro atoms. The number of thiol groups is 1. The summed E-state index contributed by atoms with van der Waals surface area (Å²) in [5, 5.41) is 35.2. The molecule has 32 heavy (non-hydrogen) atoms. The van der Waals surface area contributed by atoms with Crippen LogP contribution >= 0.6 is 12.6 Å². The normalized spacial score (nSPS) is 14.7. The number of aliphatic carboxylic acids is 1. The first-order valence-electron chi connectivity index (χ1n) is 9.89. The summed E-state index contributed by atoms with van der Waals surface area (Å²) in [7, 11) is 0. The Morgan fingerprint density at radius 2 is 1.44 bits per heavy atom. The topological polar surface area (TPSA) is 191 Å². The second-order valence-electron chi connectivity index (χ2n) is 7.53. The summed E-state index contributed by atoms with van der Waals surface area (Å²) >= 11 is 4.02. The molecule has 0 saturated carbocycles. The summed E-state index contributed by atoms with van der Waals surface area (Å²) in [6.45, 7) is 2.67. The van der Waals surface area contributed by atoms with Gasteiger partial charge in [0.25, 0.3) is 0 Å². The Morgan fingerprint density at radius 1 is 0.938 bits per heavy atom. The highest BCUT2D eigenvalue weighted by Crippen LogP contribution is 2.11. The quantitative estimate of drug-likeness (QED) is 0.167. The molecule has 0 saturated heterocycles. The fourth-order valence-corrected chi connectivity index (χ4v) is 2.83. The standard InChI is InChI=1S/C20H30N4O7S/c1-10(2)16(21)19(29)24-15(9-32)18(28)23-14(8-25)17(27)22-13(20(30)31)7-11-3-5-12(26)6-4-11/h3-6,10,13-16,25-26,32H,7-9,21H2,1-2H3,(H,22,27)(H,23,28)(H,24,29)(H,30,31). The highest BCUT2D eigenvalue weighted by atomic mass is 32.1. The van der Waals surface area contributed by atoms with Crippen molar-refractivity contribution in [1.82, 2.24) is 16.0 Å². The molecule has 0 aliphatic carbocycles. The van der Waals surface area contributed by atoms with E-state index in [1.807, 2.05) is 0 Å². The van der Waals surface area contributed by atoms with Gasteiger partial charge in [-0.15, -0.1) is 0 Å². The first-order valence-corrected chi connectivity index (χ1v) is 10.5. The molecule has 0 aromatic heterocycles. The number of carbonyl (C=O) groups excluding carboxylic acids is 3. The number of amides is 3. The van der Waals surface area contributed by atoms with E-state index in [4.69, 9.17) is 5.73 Å². The van der Waals surface area contributed by atoms with Crippen LogP contribution in [0.1, 0.15) is 19.4 Å². The van der Waals surface area contributed by atoms with Gasteiger partial charge in [0.1, 0.15) is 23.9 Å². The van der Waals surface area contributed by atoms with Gasteiger partial charge in [-0.1, -0.05) is 26.0 Å². The van der Waals surface area contributed by atoms with Gasteiger partial charge in [-0.05, 0) is 23.6 Å². The molecule has 4 unspecified atom stereocenters. The summed E-state index contributed by atoms with van der Waals surface area (Å²) in [6, 6.07) is 0.996. The van der Waals surface area contributed by atoms with E-state index in [0.29, 0.717) is 5.56 Å². The Balaban J connectivity index is 2.79. The number of carboxylic acid groups (broad SMARTS) is 1. The highest BCUT2D eigenvalue weighted by molar-refractivity contribution is 7.80. The van der Waals surface area contributed by atoms with Crippen LogP contribution in [-0.4, -0.2) is 75.5 Å². The number of carbonyl (C=O) groups is 4. The summed E-state index contributed by atoms with van der Waals surface area (Å²) in [5.41, 5.74) is 6.29. The average Bonchev–Trinajstić information content (AvgIpc) is 2.75. The zero-order valence-electron chi connectivity index (χ0n) is 17.8. The zero-order valence-corrected chi connectivity index (χ0v) is 18.7. The predicted molar refractivity (Wildman–Crippen MR) is 119 cm³/mol. The lowest BCUT2D eigenvalue weighted by molar-refractivity contribution is -0.142. The van der Waals surface area contributed by atoms with Crippen molar-refractivity contribution in [3.63, 3.8) is 0 Å². The second kappa shape index (κ2) is 12.9. The van der Waals surface area contributed by atoms with Crippen LogP contribution in [0.15, 0.2) is 24.3 Å². The second-order valence-corrected chi connectivity index (χ2v) is 7.89. The molecule has 178 valence electrons. The number of phenolic OH excluding ortho intramolecular Hbond substituents is 1. The molecule has 3 amide bonds. The maximum atomic E-state index is 12.5. The van der Waals surface area contributed by atoms with Gasteiger partial charge in [0.15, 0.2) is 0 Å². The fourth-order valence-electron chi connectivity index (χ4n) is 2.57. The number of rotatable bonds is 12. The minimum absolute atomic E-state index is 0.00732. The largest absolute Gasteiger partial charge is 0.508 e. The molecule has 12 heteroatoms. The molecule has 1 rings (SSSR count). The van der Waals surface area contributed by atoms with Gasteiger partial charge in [0.2, 0.25) is 17.7 Å². The fraction of sp³-hybridized carbons (Fsp3) is 0.500. The van der Waals surface area contributed by atoms with Gasteiger partial charge >= 0.3 is 5.97 Å². The molecule has 0 radical (unpaired) electrons. The van der Waals surface area contributed by atoms with E-state index in [1.54, 1.807) is 13.8 Å². The van der Waals surface area contributed by atoms with E-state index in [2.05, 4.69) is 28.6 Å². The molecule has 0 heterocycles. The molecule has 4 atom stereocenters. The summed E-state index contributed by atoms with van der Waals surface area (Å²) in [5.74, 6) is -3.86. The molecular formula is C20H30N4O7S. The monoisotopic (exact) mass is 470 g/mol. The maximum Gasteiger partial charge on any atom is 0.326 e. The number of aliphatic hydroxyl groups excluding tert-OH is 1. The smallest absolute Gasteiger partial charge is 0.326 e. The van der Waals surface area contributed by atoms with E-state index in [0.717, 1.165) is 0 Å². The number of benzene rings is 1. The third-order valence-corrected chi connectivity index (χ3v) is 5.01. The van der Waals surface area contributed by atoms with E-state index in [-0.39, 0.29) is 23.8 Å². The number of hydrogen-bond acceptors (Lipinski definition) is 8. The van der Waals surface area contributed by atoms with E-state index in [1.165, 1.54) is 24.3 Å². The molecule has 1 aromatic carbocycles. The van der Waals surface area contributed by atoms with Crippen LogP contribution in [-0.2, 0) is 25.6 Å². The van der Waals surface area contributed by atoms with Crippen LogP contribution in [0.2, 0.25) is 0 Å². The van der Waals surface area contributed by atoms with Crippen LogP contribution in [0.5, 0.6) is 5.75 Å². The molecule has 1 aromatic rings. The van der Waals surface area contributed by atoms with Crippen molar-refractivity contribution in [3.05, 3.63) is 29.8 Å². The SMILES string of the molecule is CC(C)C(N)C(=O)NC(CS)C(=O)NC(CO)C(=O)NC(Cc1ccc(O)cc1)C(=O)O. The Bertz CT molecular complexity index is 804. The molecular weight excluding hydrogens is 440 g/mol. The number of nitrogens with one attached hydrogen (secondary N) is 3. The predicted octanol–water partition coefficient (Wildman–Crippen LogP) is -1.62. The van der Waals surface area contributed by atoms with Crippen molar-refractivity contribution in [3.8, 4) is 5.75 Å². The summed E-state index contributed by atoms with van der Waals surface area (Å²) < 4.78 is 0. The maximum absolute atomic E-state index is 12.5. The van der Waals surface area contributed by atoms with Crippen molar-refractivity contribution in [2.24, 2.45) is 11.7 Å². The third kappa shape index (κ3) is 8.36. The molecule has 0 bridgehead atoms. The molecule has 8 N–H and O–H groups in total. The summed E-state index contributed by atoms with van der Waals surface area (Å²) in [6.07, 6.45) is -0.0874. The molecule has 11 nitrogen and oxygen atoms in total. The van der Waals surface area contributed by atoms with E-state index < -0.39 is 54.5 Å². The van der Waals surface area contributed by atoms with Crippen molar-refractivity contribution >= 4 is 36.3 Å². The van der Waals surface area contributed by atoms with Gasteiger partial charge in [-0.2, -0.15) is 12.6 Å². The number of aliphatic hydroxyl groups is 1. The van der Waals surface area contributed by atoms with E-state index in [9.17, 15) is 34.5 Å². The van der Waals surface area contributed by atoms with Gasteiger partial charge in [-0.25, -0.2) is 4.79 Å². The minimum atomic E-state index is -1.46. The zero-order chi connectivity index (χ0) is 24.4. The lowest BCUT2D eigenvalue weighted by Crippen LogP contribution is -2.59. The summed E-state index contributed by atoms with van der Waals surface area (Å²) in [4.78, 5) is 48.6. The number of aromatic hydroxyl groups is 1. The van der Waals surface area contributed by atoms with Gasteiger partial charge < -0.3 is 37.0 Å². The molecule has 0 aliphatic rings. The lowest BCUT2D eigenvalue weighted by Gasteiger charge is -2.24. The highest BCUT2D eigenvalue weighted by Gasteiger charge is 2.30. The lowest BCUT2D eigenvalue weighted by atomic mass is 10.0. The Labute approximate surface area is 191 Å². The van der Waals surface area contributed by atoms with Crippen molar-refractivity contribution < 1.29 is 34.5 Å². The number of phenols is 1. The number of hydrogen-bond donors (Lipinski definition) is 8. The molecule has 0 aliphatic heterocycles. The Kier molecular flexibility index (Phi) is 11.0. The van der Waals surface area contributed by atoms with Crippen LogP contribution in [0.25, 0.3) is 0 Å². The van der Waals surface area contributed by atoms with Gasteiger partial charge in [0.05, 0.1) is 12.6 Å².